The van der Waals surface area contributed by atoms with E-state index in [1.54, 1.807) is 7.11 Å². The van der Waals surface area contributed by atoms with Crippen LogP contribution < -0.4 is 14.8 Å². The Morgan fingerprint density at radius 1 is 1.30 bits per heavy atom. The Morgan fingerprint density at radius 3 is 2.82 bits per heavy atom. The predicted octanol–water partition coefficient (Wildman–Crippen LogP) is 3.69. The highest BCUT2D eigenvalue weighted by Crippen LogP contribution is 2.32. The number of rotatable bonds is 6. The number of amides is 1. The Balaban J connectivity index is 1.38. The maximum atomic E-state index is 12.9. The number of halogens is 3. The second-order valence-corrected chi connectivity index (χ2v) is 9.12. The summed E-state index contributed by atoms with van der Waals surface area (Å²) in [6, 6.07) is 7.03. The molecule has 1 amide bonds. The normalized spacial score (nSPS) is 20.3. The zero-order chi connectivity index (χ0) is 23.8. The summed E-state index contributed by atoms with van der Waals surface area (Å²) in [6.07, 6.45) is -4.28. The van der Waals surface area contributed by atoms with E-state index >= 15 is 0 Å². The minimum Gasteiger partial charge on any atom is -0.491 e. The summed E-state index contributed by atoms with van der Waals surface area (Å²) < 4.78 is 56.4. The molecule has 2 aliphatic rings. The number of hydrogen-bond donors (Lipinski definition) is 1. The Bertz CT molecular complexity index is 1020. The molecule has 1 N–H and O–H groups in total. The van der Waals surface area contributed by atoms with E-state index in [1.807, 2.05) is 26.0 Å². The van der Waals surface area contributed by atoms with Crippen molar-refractivity contribution in [2.75, 3.05) is 13.7 Å². The second kappa shape index (κ2) is 8.89. The zero-order valence-electron chi connectivity index (χ0n) is 18.9. The lowest BCUT2D eigenvalue weighted by Crippen LogP contribution is -2.43. The third-order valence-electron chi connectivity index (χ3n) is 6.14. The number of nitrogens with zero attached hydrogens (tertiary/aromatic N) is 2. The Labute approximate surface area is 190 Å². The molecule has 0 bridgehead atoms. The molecule has 0 aliphatic carbocycles. The summed E-state index contributed by atoms with van der Waals surface area (Å²) in [5, 5.41) is 6.98. The third kappa shape index (κ3) is 5.43. The second-order valence-electron chi connectivity index (χ2n) is 9.12. The molecule has 0 fully saturated rings. The van der Waals surface area contributed by atoms with E-state index in [0.29, 0.717) is 13.0 Å². The van der Waals surface area contributed by atoms with Crippen molar-refractivity contribution < 1.29 is 32.2 Å². The number of alkyl halides is 3. The molecule has 3 heterocycles. The van der Waals surface area contributed by atoms with Crippen molar-refractivity contribution in [1.29, 1.82) is 0 Å². The molecule has 180 valence electrons. The topological polar surface area (TPSA) is 74.6 Å². The minimum absolute atomic E-state index is 0.0224. The molecule has 2 aromatic rings. The molecule has 1 aromatic carbocycles. The maximum absolute atomic E-state index is 12.9. The Morgan fingerprint density at radius 2 is 2.09 bits per heavy atom. The van der Waals surface area contributed by atoms with Gasteiger partial charge in [-0.25, -0.2) is 4.68 Å². The van der Waals surface area contributed by atoms with Gasteiger partial charge in [-0.2, -0.15) is 18.3 Å². The predicted molar refractivity (Wildman–Crippen MR) is 114 cm³/mol. The largest absolute Gasteiger partial charge is 0.491 e. The van der Waals surface area contributed by atoms with E-state index in [-0.39, 0.29) is 36.2 Å². The van der Waals surface area contributed by atoms with Crippen LogP contribution in [0.2, 0.25) is 0 Å². The van der Waals surface area contributed by atoms with Gasteiger partial charge < -0.3 is 19.5 Å². The number of ether oxygens (including phenoxy) is 3. The van der Waals surface area contributed by atoms with Gasteiger partial charge in [0.25, 0.3) is 5.91 Å². The first-order valence-corrected chi connectivity index (χ1v) is 11.0. The fraction of sp³-hybridized carbons (Fsp3) is 0.565. The van der Waals surface area contributed by atoms with Crippen LogP contribution in [0.1, 0.15) is 48.3 Å². The molecule has 1 unspecified atom stereocenters. The van der Waals surface area contributed by atoms with Crippen LogP contribution in [0.25, 0.3) is 0 Å². The van der Waals surface area contributed by atoms with Gasteiger partial charge in [0, 0.05) is 26.1 Å². The van der Waals surface area contributed by atoms with Gasteiger partial charge in [-0.3, -0.25) is 4.79 Å². The fourth-order valence-electron chi connectivity index (χ4n) is 3.94. The van der Waals surface area contributed by atoms with Crippen LogP contribution in [-0.2, 0) is 24.1 Å². The van der Waals surface area contributed by atoms with Gasteiger partial charge in [-0.1, -0.05) is 12.1 Å². The van der Waals surface area contributed by atoms with Gasteiger partial charge >= 0.3 is 6.18 Å². The van der Waals surface area contributed by atoms with Crippen LogP contribution in [0.15, 0.2) is 24.3 Å². The average Bonchev–Trinajstić information content (AvgIpc) is 3.20. The van der Waals surface area contributed by atoms with Crippen LogP contribution in [-0.4, -0.2) is 53.3 Å². The summed E-state index contributed by atoms with van der Waals surface area (Å²) in [5.41, 5.74) is 1.97. The average molecular weight is 467 g/mol. The SMILES string of the molecule is COC(C)(C)CCc1ccc2c(c1)C[C@@H](NC(=O)c1cc3n(n1)CCC(C(F)(F)F)O3)CO2. The van der Waals surface area contributed by atoms with Crippen LogP contribution in [0.3, 0.4) is 0 Å². The van der Waals surface area contributed by atoms with Crippen molar-refractivity contribution in [3.63, 3.8) is 0 Å². The number of nitrogens with one attached hydrogen (secondary N) is 1. The van der Waals surface area contributed by atoms with Crippen molar-refractivity contribution >= 4 is 5.91 Å². The lowest BCUT2D eigenvalue weighted by atomic mass is 9.95. The number of benzene rings is 1. The molecule has 0 spiro atoms. The quantitative estimate of drug-likeness (QED) is 0.702. The molecular formula is C23H28F3N3O4. The van der Waals surface area contributed by atoms with Crippen molar-refractivity contribution in [2.45, 2.75) is 70.0 Å². The van der Waals surface area contributed by atoms with E-state index in [1.165, 1.54) is 10.7 Å². The summed E-state index contributed by atoms with van der Waals surface area (Å²) >= 11 is 0. The van der Waals surface area contributed by atoms with Gasteiger partial charge in [-0.05, 0) is 50.3 Å². The van der Waals surface area contributed by atoms with E-state index in [4.69, 9.17) is 14.2 Å². The molecule has 0 saturated carbocycles. The molecule has 1 aromatic heterocycles. The van der Waals surface area contributed by atoms with Gasteiger partial charge in [0.2, 0.25) is 5.88 Å². The number of aryl methyl sites for hydroxylation is 2. The summed E-state index contributed by atoms with van der Waals surface area (Å²) in [7, 11) is 1.70. The van der Waals surface area contributed by atoms with Crippen LogP contribution in [0.4, 0.5) is 13.2 Å². The molecular weight excluding hydrogens is 439 g/mol. The molecule has 10 heteroatoms. The smallest absolute Gasteiger partial charge is 0.425 e. The first-order chi connectivity index (χ1) is 15.5. The summed E-state index contributed by atoms with van der Waals surface area (Å²) in [5.74, 6) is 0.265. The van der Waals surface area contributed by atoms with E-state index < -0.39 is 18.2 Å². The lowest BCUT2D eigenvalue weighted by Gasteiger charge is -2.27. The standard InChI is InChI=1S/C23H28F3N3O4/c1-22(2,31-3)8-6-14-4-5-18-15(10-14)11-16(13-32-18)27-21(30)17-12-20-29(28-17)9-7-19(33-20)23(24,25)26/h4-5,10,12,16,19H,6-9,11,13H2,1-3H3,(H,27,30)/t16-,19?/m1/s1. The van der Waals surface area contributed by atoms with Gasteiger partial charge in [0.15, 0.2) is 11.8 Å². The zero-order valence-corrected chi connectivity index (χ0v) is 18.9. The number of carbonyl (C=O) groups is 1. The lowest BCUT2D eigenvalue weighted by molar-refractivity contribution is -0.203. The number of hydrogen-bond acceptors (Lipinski definition) is 5. The molecule has 33 heavy (non-hydrogen) atoms. The van der Waals surface area contributed by atoms with E-state index in [9.17, 15) is 18.0 Å². The molecule has 0 saturated heterocycles. The number of carbonyl (C=O) groups excluding carboxylic acids is 1. The fourth-order valence-corrected chi connectivity index (χ4v) is 3.94. The summed E-state index contributed by atoms with van der Waals surface area (Å²) in [4.78, 5) is 12.7. The van der Waals surface area contributed by atoms with Crippen LogP contribution in [0.5, 0.6) is 11.6 Å². The third-order valence-corrected chi connectivity index (χ3v) is 6.14. The summed E-state index contributed by atoms with van der Waals surface area (Å²) in [6.45, 7) is 4.43. The van der Waals surface area contributed by atoms with Crippen molar-refractivity contribution in [1.82, 2.24) is 15.1 Å². The molecule has 0 radical (unpaired) electrons. The van der Waals surface area contributed by atoms with E-state index in [0.717, 1.165) is 29.7 Å². The molecule has 2 aliphatic heterocycles. The highest BCUT2D eigenvalue weighted by atomic mass is 19.4. The monoisotopic (exact) mass is 467 g/mol. The van der Waals surface area contributed by atoms with Gasteiger partial charge in [0.05, 0.1) is 11.6 Å². The minimum atomic E-state index is -4.46. The van der Waals surface area contributed by atoms with E-state index in [2.05, 4.69) is 16.5 Å². The number of aromatic nitrogens is 2. The Kier molecular flexibility index (Phi) is 6.30. The van der Waals surface area contributed by atoms with Gasteiger partial charge in [0.1, 0.15) is 12.4 Å². The number of fused-ring (bicyclic) bond motifs is 2. The molecule has 7 nitrogen and oxygen atoms in total. The molecule has 4 rings (SSSR count). The molecule has 2 atom stereocenters. The first-order valence-electron chi connectivity index (χ1n) is 11.0. The van der Waals surface area contributed by atoms with Crippen molar-refractivity contribution in [3.8, 4) is 11.6 Å². The highest BCUT2D eigenvalue weighted by molar-refractivity contribution is 5.92. The van der Waals surface area contributed by atoms with Crippen molar-refractivity contribution in [2.24, 2.45) is 0 Å². The van der Waals surface area contributed by atoms with Crippen LogP contribution in [0, 0.1) is 0 Å². The maximum Gasteiger partial charge on any atom is 0.425 e. The van der Waals surface area contributed by atoms with Gasteiger partial charge in [-0.15, -0.1) is 0 Å². The van der Waals surface area contributed by atoms with Crippen LogP contribution >= 0.6 is 0 Å². The highest BCUT2D eigenvalue weighted by Gasteiger charge is 2.44. The van der Waals surface area contributed by atoms with Crippen molar-refractivity contribution in [3.05, 3.63) is 41.1 Å². The number of methoxy groups -OCH3 is 1. The Hall–Kier alpha value is -2.75. The first kappa shape index (κ1) is 23.4.